The van der Waals surface area contributed by atoms with Gasteiger partial charge in [0.25, 0.3) is 0 Å². The smallest absolute Gasteiger partial charge is 0.325 e. The zero-order valence-electron chi connectivity index (χ0n) is 14.3. The number of allylic oxidation sites excluding steroid dienone is 1. The van der Waals surface area contributed by atoms with Gasteiger partial charge in [-0.3, -0.25) is 14.9 Å². The standard InChI is InChI=1S/C17H26N4O3.CH4/c1-3-7-21-12(2)4-5-13-9-19(8-6-14(13)21)16(23)11-20-10-15(22)18-17(20)24;/h13-14H,2-11H2,1H3,(H,18,22,24);1H4/t13-,14+;/m1./s1. The van der Waals surface area contributed by atoms with Gasteiger partial charge < -0.3 is 14.7 Å². The molecule has 0 aromatic rings. The number of nitrogens with one attached hydrogen (secondary N) is 1. The fraction of sp³-hybridized carbons (Fsp3) is 0.722. The number of carbonyl (C=O) groups is 3. The van der Waals surface area contributed by atoms with Gasteiger partial charge in [0, 0.05) is 31.4 Å². The van der Waals surface area contributed by atoms with Crippen molar-refractivity contribution in [3.8, 4) is 0 Å². The molecule has 0 spiro atoms. The number of likely N-dealkylation sites (tertiary alicyclic amines) is 2. The monoisotopic (exact) mass is 350 g/mol. The lowest BCUT2D eigenvalue weighted by Crippen LogP contribution is -2.55. The van der Waals surface area contributed by atoms with Crippen molar-refractivity contribution in [2.75, 3.05) is 32.7 Å². The molecule has 2 atom stereocenters. The van der Waals surface area contributed by atoms with E-state index in [0.29, 0.717) is 18.5 Å². The third kappa shape index (κ3) is 3.96. The number of hydrogen-bond donors (Lipinski definition) is 1. The number of nitrogens with zero attached hydrogens (tertiary/aromatic N) is 3. The van der Waals surface area contributed by atoms with Crippen LogP contribution in [0.3, 0.4) is 0 Å². The average molecular weight is 350 g/mol. The number of urea groups is 1. The van der Waals surface area contributed by atoms with Crippen molar-refractivity contribution in [2.24, 2.45) is 5.92 Å². The first-order valence-electron chi connectivity index (χ1n) is 8.80. The molecule has 0 saturated carbocycles. The Morgan fingerprint density at radius 3 is 2.72 bits per heavy atom. The van der Waals surface area contributed by atoms with Crippen molar-refractivity contribution in [2.45, 2.75) is 46.1 Å². The highest BCUT2D eigenvalue weighted by atomic mass is 16.2. The molecule has 0 aromatic carbocycles. The van der Waals surface area contributed by atoms with Crippen molar-refractivity contribution >= 4 is 17.8 Å². The van der Waals surface area contributed by atoms with Gasteiger partial charge in [-0.25, -0.2) is 4.79 Å². The van der Waals surface area contributed by atoms with E-state index < -0.39 is 6.03 Å². The fourth-order valence-electron chi connectivity index (χ4n) is 4.11. The van der Waals surface area contributed by atoms with Crippen LogP contribution in [0, 0.1) is 5.92 Å². The van der Waals surface area contributed by atoms with Crippen LogP contribution in [-0.2, 0) is 9.59 Å². The van der Waals surface area contributed by atoms with Crippen LogP contribution in [0.15, 0.2) is 12.3 Å². The first-order chi connectivity index (χ1) is 11.5. The average Bonchev–Trinajstić information content (AvgIpc) is 2.87. The number of fused-ring (bicyclic) bond motifs is 1. The zero-order chi connectivity index (χ0) is 17.3. The number of amides is 4. The Morgan fingerprint density at radius 1 is 1.32 bits per heavy atom. The number of carbonyl (C=O) groups excluding carboxylic acids is 3. The van der Waals surface area contributed by atoms with Crippen molar-refractivity contribution in [3.63, 3.8) is 0 Å². The Labute approximate surface area is 150 Å². The Hall–Kier alpha value is -2.05. The van der Waals surface area contributed by atoms with Gasteiger partial charge in [-0.2, -0.15) is 0 Å². The maximum atomic E-state index is 12.5. The topological polar surface area (TPSA) is 73.0 Å². The van der Waals surface area contributed by atoms with Crippen LogP contribution in [-0.4, -0.2) is 71.3 Å². The molecule has 0 radical (unpaired) electrons. The molecule has 4 amide bonds. The van der Waals surface area contributed by atoms with Crippen molar-refractivity contribution in [1.82, 2.24) is 20.0 Å². The van der Waals surface area contributed by atoms with Gasteiger partial charge in [-0.05, 0) is 31.6 Å². The predicted molar refractivity (Wildman–Crippen MR) is 95.7 cm³/mol. The highest BCUT2D eigenvalue weighted by Gasteiger charge is 2.38. The van der Waals surface area contributed by atoms with Crippen molar-refractivity contribution in [1.29, 1.82) is 0 Å². The van der Waals surface area contributed by atoms with Gasteiger partial charge in [0.05, 0.1) is 0 Å². The molecule has 3 rings (SSSR count). The molecule has 0 unspecified atom stereocenters. The molecule has 3 aliphatic rings. The summed E-state index contributed by atoms with van der Waals surface area (Å²) in [4.78, 5) is 40.9. The minimum Gasteiger partial charge on any atom is -0.372 e. The Balaban J connectivity index is 0.00000225. The van der Waals surface area contributed by atoms with Gasteiger partial charge in [0.15, 0.2) is 0 Å². The van der Waals surface area contributed by atoms with Crippen LogP contribution >= 0.6 is 0 Å². The molecule has 140 valence electrons. The van der Waals surface area contributed by atoms with Crippen LogP contribution in [0.1, 0.15) is 40.0 Å². The summed E-state index contributed by atoms with van der Waals surface area (Å²) in [6.45, 7) is 8.82. The van der Waals surface area contributed by atoms with Crippen LogP contribution in [0.25, 0.3) is 0 Å². The number of imide groups is 1. The second-order valence-corrected chi connectivity index (χ2v) is 6.96. The molecular weight excluding hydrogens is 320 g/mol. The van der Waals surface area contributed by atoms with Crippen LogP contribution < -0.4 is 5.32 Å². The first-order valence-corrected chi connectivity index (χ1v) is 8.80. The lowest BCUT2D eigenvalue weighted by Gasteiger charge is -2.49. The van der Waals surface area contributed by atoms with Gasteiger partial charge in [-0.1, -0.05) is 20.9 Å². The second-order valence-electron chi connectivity index (χ2n) is 6.96. The molecule has 0 aromatic heterocycles. The first kappa shape index (κ1) is 19.3. The summed E-state index contributed by atoms with van der Waals surface area (Å²) < 4.78 is 0. The van der Waals surface area contributed by atoms with Gasteiger partial charge in [-0.15, -0.1) is 0 Å². The molecule has 7 nitrogen and oxygen atoms in total. The fourth-order valence-corrected chi connectivity index (χ4v) is 4.11. The van der Waals surface area contributed by atoms with E-state index >= 15 is 0 Å². The molecule has 3 heterocycles. The number of hydrogen-bond acceptors (Lipinski definition) is 4. The molecular formula is C18H30N4O3. The van der Waals surface area contributed by atoms with Gasteiger partial charge >= 0.3 is 6.03 Å². The van der Waals surface area contributed by atoms with Gasteiger partial charge in [0.1, 0.15) is 13.1 Å². The third-order valence-corrected chi connectivity index (χ3v) is 5.32. The molecule has 0 aliphatic carbocycles. The normalized spacial score (nSPS) is 26.3. The van der Waals surface area contributed by atoms with E-state index in [9.17, 15) is 14.4 Å². The van der Waals surface area contributed by atoms with E-state index in [-0.39, 0.29) is 32.3 Å². The maximum Gasteiger partial charge on any atom is 0.325 e. The van der Waals surface area contributed by atoms with E-state index in [1.165, 1.54) is 10.6 Å². The Morgan fingerprint density at radius 2 is 2.08 bits per heavy atom. The minimum absolute atomic E-state index is 0. The molecule has 1 N–H and O–H groups in total. The summed E-state index contributed by atoms with van der Waals surface area (Å²) in [5, 5.41) is 2.21. The lowest BCUT2D eigenvalue weighted by molar-refractivity contribution is -0.135. The van der Waals surface area contributed by atoms with Crippen LogP contribution in [0.5, 0.6) is 0 Å². The van der Waals surface area contributed by atoms with E-state index in [1.807, 2.05) is 4.90 Å². The Kier molecular flexibility index (Phi) is 6.08. The summed E-state index contributed by atoms with van der Waals surface area (Å²) in [5.74, 6) is 0.0611. The molecule has 0 bridgehead atoms. The molecule has 3 fully saturated rings. The van der Waals surface area contributed by atoms with E-state index in [1.54, 1.807) is 0 Å². The van der Waals surface area contributed by atoms with E-state index in [4.69, 9.17) is 0 Å². The van der Waals surface area contributed by atoms with Crippen LogP contribution in [0.2, 0.25) is 0 Å². The predicted octanol–water partition coefficient (Wildman–Crippen LogP) is 1.41. The highest BCUT2D eigenvalue weighted by molar-refractivity contribution is 6.03. The molecule has 3 saturated heterocycles. The third-order valence-electron chi connectivity index (χ3n) is 5.32. The number of rotatable bonds is 4. The highest BCUT2D eigenvalue weighted by Crippen LogP contribution is 2.35. The summed E-state index contributed by atoms with van der Waals surface area (Å²) in [6, 6.07) is 0.0123. The van der Waals surface area contributed by atoms with Crippen molar-refractivity contribution < 1.29 is 14.4 Å². The summed E-state index contributed by atoms with van der Waals surface area (Å²) in [7, 11) is 0. The Bertz CT molecular complexity index is 563. The second kappa shape index (κ2) is 7.89. The SMILES string of the molecule is C.C=C1CC[C@@H]2CN(C(=O)CN3CC(=O)NC3=O)CC[C@@H]2N1CCC. The van der Waals surface area contributed by atoms with Crippen LogP contribution in [0.4, 0.5) is 4.79 Å². The maximum absolute atomic E-state index is 12.5. The molecule has 3 aliphatic heterocycles. The van der Waals surface area contributed by atoms with E-state index in [0.717, 1.165) is 38.8 Å². The van der Waals surface area contributed by atoms with Gasteiger partial charge in [0.2, 0.25) is 11.8 Å². The summed E-state index contributed by atoms with van der Waals surface area (Å²) >= 11 is 0. The minimum atomic E-state index is -0.466. The van der Waals surface area contributed by atoms with Crippen molar-refractivity contribution in [3.05, 3.63) is 12.3 Å². The molecule has 25 heavy (non-hydrogen) atoms. The molecule has 7 heteroatoms. The quantitative estimate of drug-likeness (QED) is 0.778. The zero-order valence-corrected chi connectivity index (χ0v) is 14.3. The summed E-state index contributed by atoms with van der Waals surface area (Å²) in [6.07, 6.45) is 4.10. The lowest BCUT2D eigenvalue weighted by atomic mass is 9.82. The number of piperidine rings is 2. The van der Waals surface area contributed by atoms with E-state index in [2.05, 4.69) is 23.7 Å². The largest absolute Gasteiger partial charge is 0.372 e. The summed E-state index contributed by atoms with van der Waals surface area (Å²) in [5.41, 5.74) is 1.23.